The molecule has 3 N–H and O–H groups in total. The van der Waals surface area contributed by atoms with Gasteiger partial charge in [0.05, 0.1) is 16.8 Å². The first-order valence-electron chi connectivity index (χ1n) is 11.0. The Hall–Kier alpha value is -4.29. The van der Waals surface area contributed by atoms with E-state index in [2.05, 4.69) is 11.6 Å². The van der Waals surface area contributed by atoms with E-state index in [1.807, 2.05) is 18.0 Å². The number of phenolic OH excluding ortho intramolecular Hbond substituents is 1. The monoisotopic (exact) mass is 472 g/mol. The molecule has 2 heterocycles. The fraction of sp³-hybridized carbons (Fsp3) is 0.192. The van der Waals surface area contributed by atoms with Crippen LogP contribution in [0.25, 0.3) is 28.0 Å². The quantitative estimate of drug-likeness (QED) is 0.427. The highest BCUT2D eigenvalue weighted by atomic mass is 19.1. The van der Waals surface area contributed by atoms with Gasteiger partial charge in [0.2, 0.25) is 5.95 Å². The first-order valence-corrected chi connectivity index (χ1v) is 11.0. The Morgan fingerprint density at radius 2 is 1.97 bits per heavy atom. The highest BCUT2D eigenvalue weighted by Gasteiger charge is 2.31. The topological polar surface area (TPSA) is 103 Å². The van der Waals surface area contributed by atoms with Gasteiger partial charge in [0.1, 0.15) is 17.5 Å². The third-order valence-corrected chi connectivity index (χ3v) is 6.54. The first kappa shape index (κ1) is 22.5. The smallest absolute Gasteiger partial charge is 0.211 e. The van der Waals surface area contributed by atoms with Crippen molar-refractivity contribution < 1.29 is 13.9 Å². The molecule has 2 aromatic carbocycles. The second-order valence-electron chi connectivity index (χ2n) is 8.70. The molecule has 5 rings (SSSR count). The van der Waals surface area contributed by atoms with Gasteiger partial charge in [-0.3, -0.25) is 4.40 Å². The Balaban J connectivity index is 1.78. The van der Waals surface area contributed by atoms with Crippen LogP contribution in [-0.4, -0.2) is 38.6 Å². The summed E-state index contributed by atoms with van der Waals surface area (Å²) in [6.45, 7) is 4.06. The SMILES string of the molecule is C=C1CC(N(C)c2nc(-c3ccc(C#N)c(F)c3)c(-c3ccc(F)c(O)c3)c3nccn23)CC1N. The number of rotatable bonds is 4. The standard InChI is InChI=1S/C26H22F2N6O/c1-14-9-18(12-21(14)30)33(2)26-32-24(16-3-4-17(13-29)20(28)10-16)23(25-31-7-8-34(25)26)15-5-6-19(27)22(35)11-15/h3-8,10-11,18,21,35H,1,9,12,30H2,2H3. The lowest BCUT2D eigenvalue weighted by Gasteiger charge is -2.27. The molecule has 0 bridgehead atoms. The lowest BCUT2D eigenvalue weighted by molar-refractivity contribution is 0.433. The lowest BCUT2D eigenvalue weighted by Crippen LogP contribution is -2.33. The molecule has 1 saturated carbocycles. The summed E-state index contributed by atoms with van der Waals surface area (Å²) >= 11 is 0. The zero-order chi connectivity index (χ0) is 24.9. The van der Waals surface area contributed by atoms with Gasteiger partial charge in [-0.1, -0.05) is 24.3 Å². The summed E-state index contributed by atoms with van der Waals surface area (Å²) in [6.07, 6.45) is 4.79. The number of hydrogen-bond donors (Lipinski definition) is 2. The molecule has 1 aliphatic carbocycles. The Labute approximate surface area is 200 Å². The van der Waals surface area contributed by atoms with Crippen molar-refractivity contribution in [3.63, 3.8) is 0 Å². The van der Waals surface area contributed by atoms with Gasteiger partial charge in [-0.2, -0.15) is 5.26 Å². The summed E-state index contributed by atoms with van der Waals surface area (Å²) in [5, 5.41) is 19.2. The Morgan fingerprint density at radius 3 is 2.63 bits per heavy atom. The largest absolute Gasteiger partial charge is 0.505 e. The van der Waals surface area contributed by atoms with Crippen molar-refractivity contribution in [1.29, 1.82) is 5.26 Å². The van der Waals surface area contributed by atoms with E-state index in [-0.39, 0.29) is 17.6 Å². The number of imidazole rings is 1. The van der Waals surface area contributed by atoms with Crippen LogP contribution in [0, 0.1) is 23.0 Å². The highest BCUT2D eigenvalue weighted by molar-refractivity contribution is 5.91. The number of halogens is 2. The van der Waals surface area contributed by atoms with Crippen LogP contribution in [0.5, 0.6) is 5.75 Å². The molecule has 9 heteroatoms. The fourth-order valence-corrected chi connectivity index (χ4v) is 4.57. The van der Waals surface area contributed by atoms with E-state index in [9.17, 15) is 13.9 Å². The number of anilines is 1. The van der Waals surface area contributed by atoms with Crippen molar-refractivity contribution in [1.82, 2.24) is 14.4 Å². The first-order chi connectivity index (χ1) is 16.8. The van der Waals surface area contributed by atoms with E-state index in [0.29, 0.717) is 46.8 Å². The zero-order valence-corrected chi connectivity index (χ0v) is 18.9. The van der Waals surface area contributed by atoms with Crippen LogP contribution in [0.3, 0.4) is 0 Å². The van der Waals surface area contributed by atoms with Crippen molar-refractivity contribution in [2.75, 3.05) is 11.9 Å². The average molecular weight is 472 g/mol. The molecule has 35 heavy (non-hydrogen) atoms. The van der Waals surface area contributed by atoms with Crippen LogP contribution in [0.2, 0.25) is 0 Å². The van der Waals surface area contributed by atoms with E-state index in [1.165, 1.54) is 24.3 Å². The highest BCUT2D eigenvalue weighted by Crippen LogP contribution is 2.39. The maximum absolute atomic E-state index is 14.6. The summed E-state index contributed by atoms with van der Waals surface area (Å²) < 4.78 is 30.3. The fourth-order valence-electron chi connectivity index (χ4n) is 4.57. The second-order valence-corrected chi connectivity index (χ2v) is 8.70. The maximum atomic E-state index is 14.6. The maximum Gasteiger partial charge on any atom is 0.211 e. The number of aromatic hydroxyl groups is 1. The van der Waals surface area contributed by atoms with Crippen LogP contribution in [0.1, 0.15) is 18.4 Å². The number of nitrogens with zero attached hydrogens (tertiary/aromatic N) is 5. The minimum absolute atomic E-state index is 0.0573. The van der Waals surface area contributed by atoms with Crippen LogP contribution >= 0.6 is 0 Å². The van der Waals surface area contributed by atoms with E-state index in [4.69, 9.17) is 16.0 Å². The third-order valence-electron chi connectivity index (χ3n) is 6.54. The van der Waals surface area contributed by atoms with E-state index >= 15 is 0 Å². The zero-order valence-electron chi connectivity index (χ0n) is 18.9. The van der Waals surface area contributed by atoms with Gasteiger partial charge in [0.15, 0.2) is 11.6 Å². The van der Waals surface area contributed by atoms with Crippen LogP contribution in [0.15, 0.2) is 60.9 Å². The molecule has 0 radical (unpaired) electrons. The number of phenols is 1. The summed E-state index contributed by atoms with van der Waals surface area (Å²) in [4.78, 5) is 11.4. The molecule has 1 fully saturated rings. The van der Waals surface area contributed by atoms with Crippen LogP contribution in [-0.2, 0) is 0 Å². The predicted molar refractivity (Wildman–Crippen MR) is 129 cm³/mol. The predicted octanol–water partition coefficient (Wildman–Crippen LogP) is 4.40. The molecular weight excluding hydrogens is 450 g/mol. The second kappa shape index (κ2) is 8.49. The van der Waals surface area contributed by atoms with Gasteiger partial charge in [-0.15, -0.1) is 0 Å². The molecule has 0 amide bonds. The average Bonchev–Trinajstić information content (AvgIpc) is 3.46. The minimum Gasteiger partial charge on any atom is -0.505 e. The molecule has 7 nitrogen and oxygen atoms in total. The summed E-state index contributed by atoms with van der Waals surface area (Å²) in [5.74, 6) is -1.42. The van der Waals surface area contributed by atoms with Gasteiger partial charge in [0.25, 0.3) is 0 Å². The molecule has 0 saturated heterocycles. The molecule has 1 aliphatic rings. The summed E-state index contributed by atoms with van der Waals surface area (Å²) in [5.41, 5.74) is 9.28. The number of hydrogen-bond acceptors (Lipinski definition) is 6. The van der Waals surface area contributed by atoms with Crippen LogP contribution < -0.4 is 10.6 Å². The van der Waals surface area contributed by atoms with Gasteiger partial charge >= 0.3 is 0 Å². The number of nitrogens with two attached hydrogens (primary N) is 1. The third kappa shape index (κ3) is 3.78. The molecule has 0 aliphatic heterocycles. The van der Waals surface area contributed by atoms with Crippen molar-refractivity contribution in [2.45, 2.75) is 24.9 Å². The van der Waals surface area contributed by atoms with Gasteiger partial charge in [0, 0.05) is 37.1 Å². The van der Waals surface area contributed by atoms with Crippen LogP contribution in [0.4, 0.5) is 14.7 Å². The minimum atomic E-state index is -0.763. The van der Waals surface area contributed by atoms with Gasteiger partial charge < -0.3 is 15.7 Å². The summed E-state index contributed by atoms with van der Waals surface area (Å²) in [6, 6.07) is 9.95. The van der Waals surface area contributed by atoms with Crippen molar-refractivity contribution in [3.05, 3.63) is 78.1 Å². The summed E-state index contributed by atoms with van der Waals surface area (Å²) in [7, 11) is 1.91. The van der Waals surface area contributed by atoms with Crippen molar-refractivity contribution >= 4 is 11.6 Å². The lowest BCUT2D eigenvalue weighted by atomic mass is 9.98. The molecule has 176 valence electrons. The Kier molecular flexibility index (Phi) is 5.46. The number of nitriles is 1. The van der Waals surface area contributed by atoms with Gasteiger partial charge in [-0.25, -0.2) is 18.7 Å². The van der Waals surface area contributed by atoms with Crippen molar-refractivity contribution in [3.8, 4) is 34.2 Å². The molecule has 4 aromatic rings. The number of benzene rings is 2. The molecule has 2 atom stereocenters. The number of aromatic nitrogens is 3. The normalized spacial score (nSPS) is 17.6. The van der Waals surface area contributed by atoms with Crippen molar-refractivity contribution in [2.24, 2.45) is 5.73 Å². The van der Waals surface area contributed by atoms with E-state index in [0.717, 1.165) is 11.6 Å². The Morgan fingerprint density at radius 1 is 1.20 bits per heavy atom. The number of fused-ring (bicyclic) bond motifs is 1. The van der Waals surface area contributed by atoms with Gasteiger partial charge in [-0.05, 0) is 42.7 Å². The van der Waals surface area contributed by atoms with E-state index < -0.39 is 17.4 Å². The molecule has 2 aromatic heterocycles. The van der Waals surface area contributed by atoms with E-state index in [1.54, 1.807) is 22.9 Å². The molecule has 0 spiro atoms. The molecule has 2 unspecified atom stereocenters. The Bertz CT molecular complexity index is 1520. The molecular formula is C26H22F2N6O.